The lowest BCUT2D eigenvalue weighted by Gasteiger charge is -2.04. The van der Waals surface area contributed by atoms with Gasteiger partial charge in [-0.25, -0.2) is 0 Å². The van der Waals surface area contributed by atoms with Gasteiger partial charge in [0.05, 0.1) is 0 Å². The highest BCUT2D eigenvalue weighted by Crippen LogP contribution is 2.06. The van der Waals surface area contributed by atoms with E-state index in [1.807, 2.05) is 0 Å². The zero-order valence-corrected chi connectivity index (χ0v) is 5.10. The van der Waals surface area contributed by atoms with Crippen molar-refractivity contribution in [3.63, 3.8) is 0 Å². The maximum absolute atomic E-state index is 10.6. The van der Waals surface area contributed by atoms with Crippen LogP contribution in [0.4, 0.5) is 0 Å². The Morgan fingerprint density at radius 2 is 1.38 bits per heavy atom. The molecule has 2 heteroatoms. The van der Waals surface area contributed by atoms with Crippen molar-refractivity contribution in [2.24, 2.45) is 0 Å². The first-order valence-corrected chi connectivity index (χ1v) is 3.32. The normalized spacial score (nSPS) is 25.1. The summed E-state index contributed by atoms with van der Waals surface area (Å²) in [6.07, 6.45) is 4.70. The molecule has 0 aliphatic carbocycles. The maximum atomic E-state index is 10.6. The van der Waals surface area contributed by atoms with Gasteiger partial charge in [-0.05, 0) is 12.8 Å². The van der Waals surface area contributed by atoms with E-state index in [0.717, 1.165) is 25.9 Å². The van der Waals surface area contributed by atoms with Gasteiger partial charge in [-0.1, -0.05) is 12.8 Å². The van der Waals surface area contributed by atoms with Gasteiger partial charge in [0.15, 0.2) is 0 Å². The van der Waals surface area contributed by atoms with Crippen molar-refractivity contribution in [2.75, 3.05) is 13.1 Å². The van der Waals surface area contributed by atoms with Gasteiger partial charge in [-0.3, -0.25) is 0 Å². The third-order valence-corrected chi connectivity index (χ3v) is 1.57. The van der Waals surface area contributed by atoms with Gasteiger partial charge in [-0.2, -0.15) is 5.06 Å². The molecule has 47 valence electrons. The standard InChI is InChI=1S/C6H12NO/c8-7-5-3-1-2-4-6-7/h1-6H2. The lowest BCUT2D eigenvalue weighted by molar-refractivity contribution is -0.154. The Labute approximate surface area is 50.1 Å². The Bertz CT molecular complexity index is 57.5. The van der Waals surface area contributed by atoms with E-state index < -0.39 is 0 Å². The van der Waals surface area contributed by atoms with E-state index >= 15 is 0 Å². The lowest BCUT2D eigenvalue weighted by atomic mass is 10.2. The molecule has 2 nitrogen and oxygen atoms in total. The zero-order valence-electron chi connectivity index (χ0n) is 5.10. The van der Waals surface area contributed by atoms with Crippen molar-refractivity contribution in [1.29, 1.82) is 0 Å². The molecular formula is C6H12NO. The second kappa shape index (κ2) is 3.05. The SMILES string of the molecule is [O]N1CCCCCC1. The van der Waals surface area contributed by atoms with Gasteiger partial charge in [-0.15, -0.1) is 5.21 Å². The van der Waals surface area contributed by atoms with Crippen LogP contribution < -0.4 is 0 Å². The van der Waals surface area contributed by atoms with Crippen molar-refractivity contribution < 1.29 is 5.21 Å². The summed E-state index contributed by atoms with van der Waals surface area (Å²) in [5.41, 5.74) is 0. The summed E-state index contributed by atoms with van der Waals surface area (Å²) in [6.45, 7) is 1.53. The van der Waals surface area contributed by atoms with E-state index in [1.165, 1.54) is 17.9 Å². The van der Waals surface area contributed by atoms with Crippen LogP contribution in [-0.2, 0) is 5.21 Å². The molecule has 0 saturated carbocycles. The molecule has 1 radical (unpaired) electrons. The van der Waals surface area contributed by atoms with Gasteiger partial charge in [0.2, 0.25) is 0 Å². The van der Waals surface area contributed by atoms with Crippen LogP contribution >= 0.6 is 0 Å². The average molecular weight is 114 g/mol. The summed E-state index contributed by atoms with van der Waals surface area (Å²) in [5.74, 6) is 0. The minimum absolute atomic E-state index is 0.764. The molecule has 0 spiro atoms. The fourth-order valence-electron chi connectivity index (χ4n) is 1.04. The zero-order chi connectivity index (χ0) is 5.82. The number of hydrogen-bond acceptors (Lipinski definition) is 1. The van der Waals surface area contributed by atoms with E-state index in [-0.39, 0.29) is 0 Å². The van der Waals surface area contributed by atoms with Crippen molar-refractivity contribution in [3.8, 4) is 0 Å². The van der Waals surface area contributed by atoms with Crippen LogP contribution in [0.3, 0.4) is 0 Å². The number of hydroxylamine groups is 2. The molecule has 0 atom stereocenters. The van der Waals surface area contributed by atoms with Crippen molar-refractivity contribution in [2.45, 2.75) is 25.7 Å². The minimum Gasteiger partial charge on any atom is -0.155 e. The van der Waals surface area contributed by atoms with Gasteiger partial charge >= 0.3 is 0 Å². The van der Waals surface area contributed by atoms with E-state index in [4.69, 9.17) is 0 Å². The van der Waals surface area contributed by atoms with Crippen LogP contribution in [-0.4, -0.2) is 18.2 Å². The summed E-state index contributed by atoms with van der Waals surface area (Å²) in [6, 6.07) is 0. The summed E-state index contributed by atoms with van der Waals surface area (Å²) >= 11 is 0. The van der Waals surface area contributed by atoms with Crippen LogP contribution in [0.1, 0.15) is 25.7 Å². The number of hydrogen-bond donors (Lipinski definition) is 0. The third kappa shape index (κ3) is 1.80. The van der Waals surface area contributed by atoms with E-state index in [0.29, 0.717) is 0 Å². The highest BCUT2D eigenvalue weighted by molar-refractivity contribution is 4.53. The second-order valence-corrected chi connectivity index (χ2v) is 2.34. The van der Waals surface area contributed by atoms with E-state index in [9.17, 15) is 5.21 Å². The van der Waals surface area contributed by atoms with Crippen LogP contribution in [0.5, 0.6) is 0 Å². The van der Waals surface area contributed by atoms with E-state index in [2.05, 4.69) is 0 Å². The minimum atomic E-state index is 0.764. The molecule has 0 bridgehead atoms. The Kier molecular flexibility index (Phi) is 2.30. The summed E-state index contributed by atoms with van der Waals surface area (Å²) in [4.78, 5) is 0. The van der Waals surface area contributed by atoms with Crippen LogP contribution in [0.2, 0.25) is 0 Å². The monoisotopic (exact) mass is 114 g/mol. The first kappa shape index (κ1) is 6.05. The fourth-order valence-corrected chi connectivity index (χ4v) is 1.04. The fraction of sp³-hybridized carbons (Fsp3) is 1.00. The smallest absolute Gasteiger partial charge is 0.0271 e. The highest BCUT2D eigenvalue weighted by Gasteiger charge is 2.05. The molecule has 1 aliphatic heterocycles. The maximum Gasteiger partial charge on any atom is 0.0271 e. The molecule has 0 aromatic heterocycles. The van der Waals surface area contributed by atoms with E-state index in [1.54, 1.807) is 0 Å². The molecule has 0 unspecified atom stereocenters. The van der Waals surface area contributed by atoms with Gasteiger partial charge in [0.1, 0.15) is 0 Å². The molecule has 8 heavy (non-hydrogen) atoms. The molecule has 0 aromatic rings. The molecular weight excluding hydrogens is 102 g/mol. The number of rotatable bonds is 0. The van der Waals surface area contributed by atoms with Crippen LogP contribution in [0.15, 0.2) is 0 Å². The summed E-state index contributed by atoms with van der Waals surface area (Å²) in [5, 5.41) is 11.8. The quantitative estimate of drug-likeness (QED) is 0.464. The molecule has 1 aliphatic rings. The topological polar surface area (TPSA) is 23.1 Å². The van der Waals surface area contributed by atoms with Crippen molar-refractivity contribution in [1.82, 2.24) is 5.06 Å². The first-order valence-electron chi connectivity index (χ1n) is 3.32. The molecule has 0 N–H and O–H groups in total. The van der Waals surface area contributed by atoms with Gasteiger partial charge < -0.3 is 0 Å². The van der Waals surface area contributed by atoms with Crippen LogP contribution in [0, 0.1) is 0 Å². The third-order valence-electron chi connectivity index (χ3n) is 1.57. The predicted octanol–water partition coefficient (Wildman–Crippen LogP) is 1.21. The first-order chi connectivity index (χ1) is 3.89. The molecule has 1 rings (SSSR count). The average Bonchev–Trinajstić information content (AvgIpc) is 1.94. The highest BCUT2D eigenvalue weighted by atomic mass is 16.5. The van der Waals surface area contributed by atoms with Crippen molar-refractivity contribution in [3.05, 3.63) is 0 Å². The van der Waals surface area contributed by atoms with Gasteiger partial charge in [0, 0.05) is 13.1 Å². The molecule has 1 heterocycles. The Hall–Kier alpha value is -0.0800. The predicted molar refractivity (Wildman–Crippen MR) is 30.7 cm³/mol. The molecule has 0 aromatic carbocycles. The number of nitrogens with zero attached hydrogens (tertiary/aromatic N) is 1. The van der Waals surface area contributed by atoms with Crippen molar-refractivity contribution >= 4 is 0 Å². The Balaban J connectivity index is 2.17. The Morgan fingerprint density at radius 3 is 1.88 bits per heavy atom. The summed E-state index contributed by atoms with van der Waals surface area (Å²) < 4.78 is 0. The molecule has 1 fully saturated rings. The summed E-state index contributed by atoms with van der Waals surface area (Å²) in [7, 11) is 0. The van der Waals surface area contributed by atoms with Crippen LogP contribution in [0.25, 0.3) is 0 Å². The largest absolute Gasteiger partial charge is 0.155 e. The molecule has 0 amide bonds. The molecule has 1 saturated heterocycles. The van der Waals surface area contributed by atoms with Gasteiger partial charge in [0.25, 0.3) is 0 Å². The second-order valence-electron chi connectivity index (χ2n) is 2.34. The Morgan fingerprint density at radius 1 is 0.875 bits per heavy atom. The lowest BCUT2D eigenvalue weighted by Crippen LogP contribution is -2.17.